The van der Waals surface area contributed by atoms with Crippen LogP contribution in [0.4, 0.5) is 13.2 Å². The van der Waals surface area contributed by atoms with Crippen LogP contribution in [0.5, 0.6) is 0 Å². The number of nitrogens with zero attached hydrogens (tertiary/aromatic N) is 1. The van der Waals surface area contributed by atoms with Crippen molar-refractivity contribution in [1.29, 1.82) is 0 Å². The molecule has 0 unspecified atom stereocenters. The predicted octanol–water partition coefficient (Wildman–Crippen LogP) is 2.17. The maximum absolute atomic E-state index is 12.1. The van der Waals surface area contributed by atoms with E-state index < -0.39 is 18.6 Å². The highest BCUT2D eigenvalue weighted by Crippen LogP contribution is 2.25. The highest BCUT2D eigenvalue weighted by atomic mass is 32.1. The van der Waals surface area contributed by atoms with E-state index in [0.717, 1.165) is 4.88 Å². The minimum Gasteiger partial charge on any atom is -0.347 e. The van der Waals surface area contributed by atoms with E-state index in [1.165, 1.54) is 11.9 Å². The summed E-state index contributed by atoms with van der Waals surface area (Å²) in [5.74, 6) is -0.873. The average molecular weight is 365 g/mol. The van der Waals surface area contributed by atoms with Crippen molar-refractivity contribution in [2.45, 2.75) is 26.1 Å². The van der Waals surface area contributed by atoms with Crippen molar-refractivity contribution in [2.24, 2.45) is 5.92 Å². The fourth-order valence-corrected chi connectivity index (χ4v) is 3.00. The Bertz CT molecular complexity index is 533. The number of hydrogen-bond acceptors (Lipinski definition) is 4. The topological polar surface area (TPSA) is 61.4 Å². The van der Waals surface area contributed by atoms with Gasteiger partial charge in [-0.15, -0.1) is 11.3 Å². The summed E-state index contributed by atoms with van der Waals surface area (Å²) in [5, 5.41) is 6.59. The van der Waals surface area contributed by atoms with Crippen LogP contribution in [-0.2, 0) is 9.59 Å². The molecule has 0 fully saturated rings. The van der Waals surface area contributed by atoms with Crippen LogP contribution < -0.4 is 10.6 Å². The van der Waals surface area contributed by atoms with Gasteiger partial charge in [0.25, 0.3) is 0 Å². The Morgan fingerprint density at radius 3 is 2.38 bits per heavy atom. The third kappa shape index (κ3) is 7.78. The fraction of sp³-hybridized carbons (Fsp3) is 0.600. The van der Waals surface area contributed by atoms with Crippen molar-refractivity contribution in [1.82, 2.24) is 15.5 Å². The zero-order chi connectivity index (χ0) is 18.3. The lowest BCUT2D eigenvalue weighted by Gasteiger charge is -2.23. The van der Waals surface area contributed by atoms with Crippen molar-refractivity contribution in [3.63, 3.8) is 0 Å². The summed E-state index contributed by atoms with van der Waals surface area (Å²) in [5.41, 5.74) is 0. The summed E-state index contributed by atoms with van der Waals surface area (Å²) in [4.78, 5) is 25.9. The number of hydrogen-bond donors (Lipinski definition) is 2. The van der Waals surface area contributed by atoms with Crippen LogP contribution in [0, 0.1) is 5.92 Å². The Morgan fingerprint density at radius 2 is 1.88 bits per heavy atom. The van der Waals surface area contributed by atoms with Crippen LogP contribution in [0.25, 0.3) is 0 Å². The molecule has 2 amide bonds. The van der Waals surface area contributed by atoms with Crippen molar-refractivity contribution in [3.05, 3.63) is 22.4 Å². The zero-order valence-corrected chi connectivity index (χ0v) is 14.6. The molecule has 9 heteroatoms. The quantitative estimate of drug-likeness (QED) is 0.742. The minimum absolute atomic E-state index is 0.0754. The molecule has 0 spiro atoms. The van der Waals surface area contributed by atoms with E-state index in [2.05, 4.69) is 5.32 Å². The van der Waals surface area contributed by atoms with E-state index in [0.29, 0.717) is 0 Å². The number of nitrogens with one attached hydrogen (secondary N) is 2. The summed E-state index contributed by atoms with van der Waals surface area (Å²) >= 11 is 1.54. The van der Waals surface area contributed by atoms with Gasteiger partial charge in [-0.2, -0.15) is 13.2 Å². The van der Waals surface area contributed by atoms with E-state index in [1.54, 1.807) is 16.7 Å². The maximum Gasteiger partial charge on any atom is 0.405 e. The Labute approximate surface area is 143 Å². The number of amides is 2. The molecule has 24 heavy (non-hydrogen) atoms. The average Bonchev–Trinajstić information content (AvgIpc) is 2.95. The van der Waals surface area contributed by atoms with E-state index in [1.807, 2.05) is 31.4 Å². The molecule has 0 radical (unpaired) electrons. The van der Waals surface area contributed by atoms with E-state index in [-0.39, 0.29) is 31.0 Å². The smallest absolute Gasteiger partial charge is 0.347 e. The molecule has 0 aliphatic heterocycles. The van der Waals surface area contributed by atoms with Crippen molar-refractivity contribution >= 4 is 23.2 Å². The molecule has 1 atom stereocenters. The van der Waals surface area contributed by atoms with Crippen LogP contribution in [-0.4, -0.2) is 49.6 Å². The maximum atomic E-state index is 12.1. The number of halogens is 3. The largest absolute Gasteiger partial charge is 0.405 e. The van der Waals surface area contributed by atoms with Gasteiger partial charge in [0.2, 0.25) is 11.8 Å². The summed E-state index contributed by atoms with van der Waals surface area (Å²) in [7, 11) is 1.50. The summed E-state index contributed by atoms with van der Waals surface area (Å²) in [6.07, 6.45) is -4.45. The van der Waals surface area contributed by atoms with Gasteiger partial charge in [-0.25, -0.2) is 0 Å². The summed E-state index contributed by atoms with van der Waals surface area (Å²) in [6, 6.07) is 3.70. The zero-order valence-electron chi connectivity index (χ0n) is 13.8. The van der Waals surface area contributed by atoms with E-state index >= 15 is 0 Å². The summed E-state index contributed by atoms with van der Waals surface area (Å²) < 4.78 is 36.1. The molecule has 0 aliphatic carbocycles. The monoisotopic (exact) mass is 365 g/mol. The van der Waals surface area contributed by atoms with Crippen molar-refractivity contribution in [2.75, 3.05) is 26.7 Å². The Kier molecular flexibility index (Phi) is 7.68. The molecule has 0 aromatic carbocycles. The first kappa shape index (κ1) is 20.4. The van der Waals surface area contributed by atoms with Crippen molar-refractivity contribution < 1.29 is 22.8 Å². The normalized spacial score (nSPS) is 13.2. The Hall–Kier alpha value is -1.61. The molecule has 1 rings (SSSR count). The molecule has 0 saturated carbocycles. The molecule has 1 heterocycles. The van der Waals surface area contributed by atoms with Gasteiger partial charge in [0.05, 0.1) is 19.1 Å². The standard InChI is InChI=1S/C15H22F3N3O2S/c1-10(2)14(11-5-4-6-24-11)20-13(23)8-21(3)7-12(22)19-9-15(16,17)18/h4-6,10,14H,7-9H2,1-3H3,(H,19,22)(H,20,23)/t14-/m1/s1. The van der Waals surface area contributed by atoms with Crippen LogP contribution in [0.2, 0.25) is 0 Å². The number of thiophene rings is 1. The van der Waals surface area contributed by atoms with Gasteiger partial charge in [-0.3, -0.25) is 14.5 Å². The minimum atomic E-state index is -4.45. The first-order valence-corrected chi connectivity index (χ1v) is 8.31. The van der Waals surface area contributed by atoms with Gasteiger partial charge in [-0.1, -0.05) is 19.9 Å². The molecule has 136 valence electrons. The molecule has 2 N–H and O–H groups in total. The van der Waals surface area contributed by atoms with Gasteiger partial charge in [-0.05, 0) is 24.4 Å². The van der Waals surface area contributed by atoms with Crippen LogP contribution >= 0.6 is 11.3 Å². The first-order chi connectivity index (χ1) is 11.1. The molecular weight excluding hydrogens is 343 g/mol. The van der Waals surface area contributed by atoms with Crippen LogP contribution in [0.1, 0.15) is 24.8 Å². The molecule has 1 aromatic rings. The molecule has 1 aromatic heterocycles. The number of likely N-dealkylation sites (N-methyl/N-ethyl adjacent to an activating group) is 1. The fourth-order valence-electron chi connectivity index (χ4n) is 2.05. The lowest BCUT2D eigenvalue weighted by atomic mass is 10.0. The third-order valence-electron chi connectivity index (χ3n) is 3.15. The van der Waals surface area contributed by atoms with Gasteiger partial charge >= 0.3 is 6.18 Å². The van der Waals surface area contributed by atoms with Crippen LogP contribution in [0.3, 0.4) is 0 Å². The molecular formula is C15H22F3N3O2S. The second-order valence-corrected chi connectivity index (χ2v) is 6.85. The highest BCUT2D eigenvalue weighted by molar-refractivity contribution is 7.10. The third-order valence-corrected chi connectivity index (χ3v) is 4.10. The van der Waals surface area contributed by atoms with Gasteiger partial charge in [0.15, 0.2) is 0 Å². The number of carbonyl (C=O) groups is 2. The lowest BCUT2D eigenvalue weighted by molar-refractivity contribution is -0.139. The second kappa shape index (κ2) is 9.03. The SMILES string of the molecule is CC(C)[C@@H](NC(=O)CN(C)CC(=O)NCC(F)(F)F)c1cccs1. The highest BCUT2D eigenvalue weighted by Gasteiger charge is 2.28. The molecule has 0 saturated heterocycles. The molecule has 5 nitrogen and oxygen atoms in total. The van der Waals surface area contributed by atoms with Gasteiger partial charge in [0, 0.05) is 4.88 Å². The van der Waals surface area contributed by atoms with E-state index in [4.69, 9.17) is 0 Å². The van der Waals surface area contributed by atoms with Crippen LogP contribution in [0.15, 0.2) is 17.5 Å². The Morgan fingerprint density at radius 1 is 1.25 bits per heavy atom. The van der Waals surface area contributed by atoms with Gasteiger partial charge < -0.3 is 10.6 Å². The van der Waals surface area contributed by atoms with E-state index in [9.17, 15) is 22.8 Å². The molecule has 0 aliphatic rings. The number of alkyl halides is 3. The predicted molar refractivity (Wildman–Crippen MR) is 86.6 cm³/mol. The Balaban J connectivity index is 2.44. The molecule has 0 bridgehead atoms. The first-order valence-electron chi connectivity index (χ1n) is 7.43. The second-order valence-electron chi connectivity index (χ2n) is 5.87. The summed E-state index contributed by atoms with van der Waals surface area (Å²) in [6.45, 7) is 2.24. The number of carbonyl (C=O) groups excluding carboxylic acids is 2. The van der Waals surface area contributed by atoms with Crippen molar-refractivity contribution in [3.8, 4) is 0 Å². The van der Waals surface area contributed by atoms with Gasteiger partial charge in [0.1, 0.15) is 6.54 Å². The number of rotatable bonds is 8. The lowest BCUT2D eigenvalue weighted by Crippen LogP contribution is -2.44.